The van der Waals surface area contributed by atoms with Crippen LogP contribution in [0.5, 0.6) is 0 Å². The summed E-state index contributed by atoms with van der Waals surface area (Å²) in [6, 6.07) is 0. The van der Waals surface area contributed by atoms with Gasteiger partial charge in [0.2, 0.25) is 0 Å². The van der Waals surface area contributed by atoms with Gasteiger partial charge in [0.1, 0.15) is 0 Å². The molecular weight excluding hydrogens is 1180 g/mol. The van der Waals surface area contributed by atoms with E-state index in [1.807, 2.05) is 0 Å². The Bertz CT molecular complexity index is 670. The van der Waals surface area contributed by atoms with Gasteiger partial charge in [0, 0.05) is 0 Å². The zero-order chi connectivity index (χ0) is 36.0. The minimum Gasteiger partial charge on any atom is -0.822 e. The summed E-state index contributed by atoms with van der Waals surface area (Å²) in [6.07, 6.45) is 0. The number of hydrogen-bond donors (Lipinski definition) is 0. The van der Waals surface area contributed by atoms with Crippen LogP contribution in [0.1, 0.15) is 0 Å². The fraction of sp³-hybridized carbons (Fsp3) is 0. The first-order valence-corrected chi connectivity index (χ1v) is 17.5. The summed E-state index contributed by atoms with van der Waals surface area (Å²) in [5.74, 6) is 0. The van der Waals surface area contributed by atoms with Crippen molar-refractivity contribution in [3.63, 3.8) is 0 Å². The van der Waals surface area contributed by atoms with Crippen molar-refractivity contribution in [2.45, 2.75) is 0 Å². The monoisotopic (exact) mass is 1170 g/mol. The van der Waals surface area contributed by atoms with E-state index in [4.69, 9.17) is 154 Å². The van der Waals surface area contributed by atoms with Crippen LogP contribution in [0.25, 0.3) is 0 Å². The minimum absolute atomic E-state index is 0. The quantitative estimate of drug-likeness (QED) is 0.160. The molecule has 0 aromatic heterocycles. The van der Waals surface area contributed by atoms with Crippen LogP contribution in [-0.4, -0.2) is 0 Å². The van der Waals surface area contributed by atoms with Crippen LogP contribution in [0, 0.1) is 0 Å². The molecule has 0 aromatic rings. The topological polar surface area (TPSA) is 690 Å². The van der Waals surface area contributed by atoms with Crippen LogP contribution >= 0.6 is 62.6 Å². The molecule has 46 heavy (non-hydrogen) atoms. The third-order valence-electron chi connectivity index (χ3n) is 0. The molecule has 0 N–H and O–H groups in total. The van der Waals surface area contributed by atoms with Crippen molar-refractivity contribution in [3.05, 3.63) is 0 Å². The molecule has 0 radical (unpaired) electrons. The second kappa shape index (κ2) is 43.4. The molecule has 0 fully saturated rings. The van der Waals surface area contributed by atoms with Gasteiger partial charge in [-0.25, -0.2) is 0 Å². The maximum absolute atomic E-state index is 8.55. The summed E-state index contributed by atoms with van der Waals surface area (Å²) in [4.78, 5) is 205. The molecule has 0 spiro atoms. The zero-order valence-electron chi connectivity index (χ0n) is 19.6. The summed E-state index contributed by atoms with van der Waals surface area (Å²) in [6.45, 7) is 0. The number of phosphoric acid groups is 8. The molecule has 0 atom stereocenters. The van der Waals surface area contributed by atoms with Crippen molar-refractivity contribution in [2.24, 2.45) is 0 Å². The molecule has 0 rings (SSSR count). The van der Waals surface area contributed by atoms with Crippen LogP contribution in [0.15, 0.2) is 0 Å². The Morgan fingerprint density at radius 1 is 0.174 bits per heavy atom. The van der Waals surface area contributed by atoms with Crippen molar-refractivity contribution in [2.75, 3.05) is 0 Å². The van der Waals surface area contributed by atoms with Crippen LogP contribution in [0.4, 0.5) is 0 Å². The molecule has 32 nitrogen and oxygen atoms in total. The molecule has 0 heterocycles. The normalized spacial score (nSPS) is 10.3. The molecule has 0 aromatic carbocycles. The van der Waals surface area contributed by atoms with E-state index in [2.05, 4.69) is 0 Å². The Kier molecular flexibility index (Phi) is 88.2. The van der Waals surface area contributed by atoms with Gasteiger partial charge in [-0.05, 0) is 0 Å². The van der Waals surface area contributed by atoms with Gasteiger partial charge >= 0.3 is 144 Å². The van der Waals surface area contributed by atoms with E-state index >= 15 is 0 Å². The average molecular weight is 1180 g/mol. The summed E-state index contributed by atoms with van der Waals surface area (Å²) in [7, 11) is -43.1. The Hall–Kier alpha value is 5.67. The molecule has 46 heteroatoms. The first-order valence-electron chi connectivity index (χ1n) is 5.84. The van der Waals surface area contributed by atoms with E-state index < -0.39 is 62.6 Å². The predicted octanol–water partition coefficient (Wildman–Crippen LogP) is -22.6. The fourth-order valence-electron chi connectivity index (χ4n) is 0. The second-order valence-corrected chi connectivity index (χ2v) is 10.7. The van der Waals surface area contributed by atoms with Gasteiger partial charge in [0.15, 0.2) is 0 Å². The summed E-state index contributed by atoms with van der Waals surface area (Å²) < 4.78 is 68.4. The second-order valence-electron chi connectivity index (χ2n) is 3.58. The Morgan fingerprint density at radius 3 is 0.174 bits per heavy atom. The standard InChI is InChI=1S/8H3O4P.3Ti.3Zr/c8*1-5(2,3)4;;;;;;/h8*(H3,1,2,3,4);;;;;;/q;;;;;;;;6*+4/p-24. The van der Waals surface area contributed by atoms with E-state index in [1.165, 1.54) is 0 Å². The maximum atomic E-state index is 8.55. The minimum atomic E-state index is -5.39. The van der Waals surface area contributed by atoms with E-state index in [9.17, 15) is 0 Å². The predicted molar refractivity (Wildman–Crippen MR) is 60.9 cm³/mol. The average Bonchev–Trinajstić information content (AvgIpc) is 2.16. The van der Waals surface area contributed by atoms with Crippen molar-refractivity contribution < 1.29 is 298 Å². The van der Waals surface area contributed by atoms with Gasteiger partial charge in [-0.3, -0.25) is 0 Å². The molecule has 256 valence electrons. The van der Waals surface area contributed by atoms with Gasteiger partial charge in [0.05, 0.1) is 0 Å². The van der Waals surface area contributed by atoms with Gasteiger partial charge in [-0.15, -0.1) is 0 Å². The number of hydrogen-bond acceptors (Lipinski definition) is 32. The Labute approximate surface area is 356 Å². The SMILES string of the molecule is O=P([O-])([O-])[O-].O=P([O-])([O-])[O-].O=P([O-])([O-])[O-].O=P([O-])([O-])[O-].O=P([O-])([O-])[O-].O=P([O-])([O-])[O-].O=P([O-])([O-])[O-].O=P([O-])([O-])[O-].[Ti+4].[Ti+4].[Ti+4].[Zr+4].[Zr+4].[Zr+4]. The third kappa shape index (κ3) is 3660. The van der Waals surface area contributed by atoms with Gasteiger partial charge in [-0.2, -0.15) is 62.6 Å². The van der Waals surface area contributed by atoms with Gasteiger partial charge < -0.3 is 154 Å². The first kappa shape index (κ1) is 93.5. The maximum Gasteiger partial charge on any atom is 4.00 e. The molecule has 0 aliphatic heterocycles. The Morgan fingerprint density at radius 2 is 0.174 bits per heavy atom. The molecule has 0 amide bonds. The van der Waals surface area contributed by atoms with Crippen molar-refractivity contribution >= 4 is 62.6 Å². The van der Waals surface area contributed by atoms with E-state index in [0.717, 1.165) is 0 Å². The molecule has 0 saturated heterocycles. The van der Waals surface area contributed by atoms with E-state index in [1.54, 1.807) is 0 Å². The van der Waals surface area contributed by atoms with Crippen LogP contribution in [0.2, 0.25) is 0 Å². The molecular formula is O32P8Ti3Zr3. The number of rotatable bonds is 0. The first-order chi connectivity index (χ1) is 16.0. The molecule has 0 saturated carbocycles. The molecule has 0 bridgehead atoms. The van der Waals surface area contributed by atoms with Crippen molar-refractivity contribution in [3.8, 4) is 0 Å². The van der Waals surface area contributed by atoms with E-state index in [-0.39, 0.29) is 144 Å². The van der Waals surface area contributed by atoms with Crippen LogP contribution < -0.4 is 117 Å². The van der Waals surface area contributed by atoms with Gasteiger partial charge in [0.25, 0.3) is 0 Å². The van der Waals surface area contributed by atoms with Crippen LogP contribution in [-0.2, 0) is 180 Å². The van der Waals surface area contributed by atoms with Crippen molar-refractivity contribution in [1.29, 1.82) is 0 Å². The van der Waals surface area contributed by atoms with Gasteiger partial charge in [-0.1, -0.05) is 0 Å². The van der Waals surface area contributed by atoms with E-state index in [0.29, 0.717) is 0 Å². The zero-order valence-corrected chi connectivity index (χ0v) is 38.9. The Balaban J connectivity index is -0.0000000208. The fourth-order valence-corrected chi connectivity index (χ4v) is 0. The largest absolute Gasteiger partial charge is 4.00 e. The molecule has 0 aliphatic carbocycles. The third-order valence-corrected chi connectivity index (χ3v) is 0. The van der Waals surface area contributed by atoms with Crippen LogP contribution in [0.3, 0.4) is 0 Å². The summed E-state index contributed by atoms with van der Waals surface area (Å²) >= 11 is 0. The summed E-state index contributed by atoms with van der Waals surface area (Å²) in [5.41, 5.74) is 0. The smallest absolute Gasteiger partial charge is 0.822 e. The molecule has 0 unspecified atom stereocenters. The molecule has 0 aliphatic rings. The summed E-state index contributed by atoms with van der Waals surface area (Å²) in [5, 5.41) is 0. The van der Waals surface area contributed by atoms with Crippen molar-refractivity contribution in [1.82, 2.24) is 0 Å².